The fraction of sp³-hybridized carbons (Fsp3) is 1.00. The first-order chi connectivity index (χ1) is 6.89. The molecule has 0 aromatic heterocycles. The molecule has 90 valence electrons. The highest BCUT2D eigenvalue weighted by Crippen LogP contribution is 2.31. The van der Waals surface area contributed by atoms with E-state index in [9.17, 15) is 8.42 Å². The maximum absolute atomic E-state index is 11.9. The molecule has 0 unspecified atom stereocenters. The first-order valence-electron chi connectivity index (χ1n) is 5.84. The van der Waals surface area contributed by atoms with Crippen LogP contribution in [-0.4, -0.2) is 31.6 Å². The van der Waals surface area contributed by atoms with Gasteiger partial charge in [0.2, 0.25) is 10.0 Å². The SMILES string of the molecule is CC[C@@H](CN(C)S(=O)(=O)C1CC1)C(C)C. The number of hydrogen-bond donors (Lipinski definition) is 0. The van der Waals surface area contributed by atoms with Crippen molar-refractivity contribution in [2.75, 3.05) is 13.6 Å². The minimum atomic E-state index is -2.97. The molecule has 0 aliphatic heterocycles. The van der Waals surface area contributed by atoms with Gasteiger partial charge in [0, 0.05) is 13.6 Å². The van der Waals surface area contributed by atoms with Gasteiger partial charge in [0.25, 0.3) is 0 Å². The van der Waals surface area contributed by atoms with Gasteiger partial charge in [-0.3, -0.25) is 0 Å². The van der Waals surface area contributed by atoms with Gasteiger partial charge in [0.05, 0.1) is 5.25 Å². The Hall–Kier alpha value is -0.0900. The molecular weight excluding hydrogens is 210 g/mol. The zero-order valence-electron chi connectivity index (χ0n) is 10.2. The molecule has 0 amide bonds. The van der Waals surface area contributed by atoms with E-state index in [-0.39, 0.29) is 5.25 Å². The number of nitrogens with zero attached hydrogens (tertiary/aromatic N) is 1. The van der Waals surface area contributed by atoms with Gasteiger partial charge in [-0.2, -0.15) is 0 Å². The first kappa shape index (κ1) is 13.0. The predicted molar refractivity (Wildman–Crippen MR) is 63.2 cm³/mol. The highest BCUT2D eigenvalue weighted by atomic mass is 32.2. The molecular formula is C11H23NO2S. The van der Waals surface area contributed by atoms with E-state index in [2.05, 4.69) is 20.8 Å². The average Bonchev–Trinajstić information content (AvgIpc) is 2.95. The normalized spacial score (nSPS) is 19.9. The van der Waals surface area contributed by atoms with Crippen LogP contribution < -0.4 is 0 Å². The third-order valence-electron chi connectivity index (χ3n) is 3.34. The van der Waals surface area contributed by atoms with Crippen LogP contribution in [0.15, 0.2) is 0 Å². The molecule has 0 spiro atoms. The van der Waals surface area contributed by atoms with Crippen LogP contribution in [0.25, 0.3) is 0 Å². The number of sulfonamides is 1. The summed E-state index contributed by atoms with van der Waals surface area (Å²) in [5.74, 6) is 1.02. The summed E-state index contributed by atoms with van der Waals surface area (Å²) in [4.78, 5) is 0. The minimum absolute atomic E-state index is 0.0767. The van der Waals surface area contributed by atoms with Crippen molar-refractivity contribution in [3.8, 4) is 0 Å². The van der Waals surface area contributed by atoms with Crippen LogP contribution >= 0.6 is 0 Å². The smallest absolute Gasteiger partial charge is 0.212 e. The van der Waals surface area contributed by atoms with Crippen LogP contribution in [0.1, 0.15) is 40.0 Å². The fourth-order valence-corrected chi connectivity index (χ4v) is 3.51. The van der Waals surface area contributed by atoms with Crippen LogP contribution in [0.5, 0.6) is 0 Å². The monoisotopic (exact) mass is 233 g/mol. The van der Waals surface area contributed by atoms with Crippen LogP contribution in [0.3, 0.4) is 0 Å². The zero-order valence-corrected chi connectivity index (χ0v) is 11.0. The van der Waals surface area contributed by atoms with E-state index in [0.717, 1.165) is 19.3 Å². The summed E-state index contributed by atoms with van der Waals surface area (Å²) in [7, 11) is -1.25. The lowest BCUT2D eigenvalue weighted by Crippen LogP contribution is -2.35. The average molecular weight is 233 g/mol. The molecule has 0 bridgehead atoms. The van der Waals surface area contributed by atoms with Gasteiger partial charge in [0.1, 0.15) is 0 Å². The summed E-state index contributed by atoms with van der Waals surface area (Å²) >= 11 is 0. The van der Waals surface area contributed by atoms with Gasteiger partial charge in [0.15, 0.2) is 0 Å². The van der Waals surface area contributed by atoms with Gasteiger partial charge >= 0.3 is 0 Å². The summed E-state index contributed by atoms with van der Waals surface area (Å²) in [5.41, 5.74) is 0. The molecule has 0 aromatic rings. The van der Waals surface area contributed by atoms with E-state index in [0.29, 0.717) is 18.4 Å². The quantitative estimate of drug-likeness (QED) is 0.704. The predicted octanol–water partition coefficient (Wildman–Crippen LogP) is 2.09. The van der Waals surface area contributed by atoms with Crippen molar-refractivity contribution in [3.63, 3.8) is 0 Å². The van der Waals surface area contributed by atoms with Crippen molar-refractivity contribution < 1.29 is 8.42 Å². The Balaban J connectivity index is 2.57. The highest BCUT2D eigenvalue weighted by molar-refractivity contribution is 7.90. The Kier molecular flexibility index (Phi) is 4.18. The van der Waals surface area contributed by atoms with Crippen molar-refractivity contribution in [1.29, 1.82) is 0 Å². The molecule has 3 nitrogen and oxygen atoms in total. The Morgan fingerprint density at radius 2 is 1.87 bits per heavy atom. The number of hydrogen-bond acceptors (Lipinski definition) is 2. The molecule has 1 aliphatic carbocycles. The van der Waals surface area contributed by atoms with E-state index in [1.54, 1.807) is 11.4 Å². The molecule has 1 fully saturated rings. The van der Waals surface area contributed by atoms with E-state index in [1.165, 1.54) is 0 Å². The third kappa shape index (κ3) is 3.18. The lowest BCUT2D eigenvalue weighted by molar-refractivity contribution is 0.302. The van der Waals surface area contributed by atoms with E-state index >= 15 is 0 Å². The second kappa shape index (κ2) is 4.83. The Morgan fingerprint density at radius 1 is 1.33 bits per heavy atom. The molecule has 4 heteroatoms. The van der Waals surface area contributed by atoms with Crippen LogP contribution in [-0.2, 0) is 10.0 Å². The maximum atomic E-state index is 11.9. The van der Waals surface area contributed by atoms with Crippen molar-refractivity contribution >= 4 is 10.0 Å². The molecule has 0 heterocycles. The lowest BCUT2D eigenvalue weighted by atomic mass is 9.93. The van der Waals surface area contributed by atoms with Crippen LogP contribution in [0.4, 0.5) is 0 Å². The molecule has 15 heavy (non-hydrogen) atoms. The number of rotatable bonds is 6. The zero-order chi connectivity index (χ0) is 11.6. The Labute approximate surface area is 93.9 Å². The largest absolute Gasteiger partial charge is 0.216 e. The second-order valence-corrected chi connectivity index (χ2v) is 7.26. The Bertz CT molecular complexity index is 294. The maximum Gasteiger partial charge on any atom is 0.216 e. The second-order valence-electron chi connectivity index (χ2n) is 4.94. The van der Waals surface area contributed by atoms with Crippen molar-refractivity contribution in [2.24, 2.45) is 11.8 Å². The molecule has 1 aliphatic rings. The van der Waals surface area contributed by atoms with Gasteiger partial charge in [-0.1, -0.05) is 27.2 Å². The molecule has 1 rings (SSSR count). The molecule has 0 aromatic carbocycles. The van der Waals surface area contributed by atoms with E-state index in [1.807, 2.05) is 0 Å². The van der Waals surface area contributed by atoms with E-state index < -0.39 is 10.0 Å². The highest BCUT2D eigenvalue weighted by Gasteiger charge is 2.39. The first-order valence-corrected chi connectivity index (χ1v) is 7.35. The Morgan fingerprint density at radius 3 is 2.20 bits per heavy atom. The minimum Gasteiger partial charge on any atom is -0.212 e. The van der Waals surface area contributed by atoms with Gasteiger partial charge in [-0.25, -0.2) is 12.7 Å². The summed E-state index contributed by atoms with van der Waals surface area (Å²) < 4.78 is 25.4. The van der Waals surface area contributed by atoms with Crippen molar-refractivity contribution in [1.82, 2.24) is 4.31 Å². The van der Waals surface area contributed by atoms with Crippen molar-refractivity contribution in [3.05, 3.63) is 0 Å². The van der Waals surface area contributed by atoms with Crippen LogP contribution in [0, 0.1) is 11.8 Å². The van der Waals surface area contributed by atoms with Gasteiger partial charge in [-0.15, -0.1) is 0 Å². The van der Waals surface area contributed by atoms with Crippen LogP contribution in [0.2, 0.25) is 0 Å². The standard InChI is InChI=1S/C11H23NO2S/c1-5-10(9(2)3)8-12(4)15(13,14)11-6-7-11/h9-11H,5-8H2,1-4H3/t10-/m0/s1. The van der Waals surface area contributed by atoms with Crippen molar-refractivity contribution in [2.45, 2.75) is 45.3 Å². The van der Waals surface area contributed by atoms with Gasteiger partial charge < -0.3 is 0 Å². The summed E-state index contributed by atoms with van der Waals surface area (Å²) in [6.07, 6.45) is 2.75. The molecule has 0 radical (unpaired) electrons. The third-order valence-corrected chi connectivity index (χ3v) is 5.67. The molecule has 0 saturated heterocycles. The molecule has 0 N–H and O–H groups in total. The molecule has 1 saturated carbocycles. The van der Waals surface area contributed by atoms with E-state index in [4.69, 9.17) is 0 Å². The summed E-state index contributed by atoms with van der Waals surface area (Å²) in [6, 6.07) is 0. The summed E-state index contributed by atoms with van der Waals surface area (Å²) in [6.45, 7) is 7.12. The summed E-state index contributed by atoms with van der Waals surface area (Å²) in [5, 5.41) is -0.0767. The topological polar surface area (TPSA) is 37.4 Å². The molecule has 1 atom stereocenters. The fourth-order valence-electron chi connectivity index (χ4n) is 1.87. The lowest BCUT2D eigenvalue weighted by Gasteiger charge is -2.25. The van der Waals surface area contributed by atoms with Gasteiger partial charge in [-0.05, 0) is 24.7 Å².